The summed E-state index contributed by atoms with van der Waals surface area (Å²) in [6, 6.07) is 11.4. The molecule has 0 unspecified atom stereocenters. The molecule has 2 aliphatic rings. The molecule has 1 aromatic heterocycles. The van der Waals surface area contributed by atoms with Gasteiger partial charge in [-0.3, -0.25) is 4.98 Å². The van der Waals surface area contributed by atoms with Crippen molar-refractivity contribution in [2.45, 2.75) is 38.6 Å². The molecule has 0 spiro atoms. The highest BCUT2D eigenvalue weighted by atomic mass is 15.0. The van der Waals surface area contributed by atoms with Gasteiger partial charge >= 0.3 is 0 Å². The average Bonchev–Trinajstić information content (AvgIpc) is 3.28. The van der Waals surface area contributed by atoms with Gasteiger partial charge < -0.3 is 5.32 Å². The van der Waals surface area contributed by atoms with E-state index in [0.29, 0.717) is 6.04 Å². The zero-order valence-corrected chi connectivity index (χ0v) is 11.4. The summed E-state index contributed by atoms with van der Waals surface area (Å²) >= 11 is 0. The second-order valence-corrected chi connectivity index (χ2v) is 6.17. The minimum absolute atomic E-state index is 0.688. The van der Waals surface area contributed by atoms with Gasteiger partial charge in [-0.1, -0.05) is 18.2 Å². The third-order valence-corrected chi connectivity index (χ3v) is 4.44. The Morgan fingerprint density at radius 1 is 1.05 bits per heavy atom. The molecule has 0 saturated heterocycles. The Morgan fingerprint density at radius 2 is 1.79 bits per heavy atom. The van der Waals surface area contributed by atoms with Crippen LogP contribution in [0.2, 0.25) is 0 Å². The molecular formula is C17H20N2. The standard InChI is InChI=1S/C17H20N2/c1-11-5-6-12-3-2-4-15(17(12)18-11)19-16(13-7-8-13)14-9-10-14/h2-6,13-14,16,19H,7-10H2,1H3. The van der Waals surface area contributed by atoms with Crippen molar-refractivity contribution in [2.75, 3.05) is 5.32 Å². The van der Waals surface area contributed by atoms with Crippen molar-refractivity contribution in [3.8, 4) is 0 Å². The Morgan fingerprint density at radius 3 is 2.47 bits per heavy atom. The SMILES string of the molecule is Cc1ccc2cccc(NC(C3CC3)C3CC3)c2n1. The fourth-order valence-corrected chi connectivity index (χ4v) is 3.07. The lowest BCUT2D eigenvalue weighted by molar-refractivity contribution is 0.568. The zero-order valence-electron chi connectivity index (χ0n) is 11.4. The topological polar surface area (TPSA) is 24.9 Å². The summed E-state index contributed by atoms with van der Waals surface area (Å²) in [5.41, 5.74) is 3.45. The van der Waals surface area contributed by atoms with Crippen LogP contribution in [0.5, 0.6) is 0 Å². The second-order valence-electron chi connectivity index (χ2n) is 6.17. The predicted molar refractivity (Wildman–Crippen MR) is 79.3 cm³/mol. The van der Waals surface area contributed by atoms with Crippen molar-refractivity contribution < 1.29 is 0 Å². The van der Waals surface area contributed by atoms with Gasteiger partial charge in [0.15, 0.2) is 0 Å². The fraction of sp³-hybridized carbons (Fsp3) is 0.471. The molecule has 19 heavy (non-hydrogen) atoms. The van der Waals surface area contributed by atoms with Crippen LogP contribution in [0.4, 0.5) is 5.69 Å². The molecule has 0 atom stereocenters. The lowest BCUT2D eigenvalue weighted by atomic mass is 10.1. The van der Waals surface area contributed by atoms with Crippen LogP contribution >= 0.6 is 0 Å². The maximum absolute atomic E-state index is 4.73. The smallest absolute Gasteiger partial charge is 0.0936 e. The predicted octanol–water partition coefficient (Wildman–Crippen LogP) is 4.14. The summed E-state index contributed by atoms with van der Waals surface area (Å²) in [7, 11) is 0. The van der Waals surface area contributed by atoms with E-state index in [4.69, 9.17) is 4.98 Å². The van der Waals surface area contributed by atoms with E-state index >= 15 is 0 Å². The number of aryl methyl sites for hydroxylation is 1. The Labute approximate surface area is 114 Å². The van der Waals surface area contributed by atoms with Gasteiger partial charge in [0, 0.05) is 17.1 Å². The molecule has 4 rings (SSSR count). The van der Waals surface area contributed by atoms with Gasteiger partial charge in [0.25, 0.3) is 0 Å². The highest BCUT2D eigenvalue weighted by molar-refractivity contribution is 5.90. The molecular weight excluding hydrogens is 232 g/mol. The molecule has 2 aliphatic carbocycles. The normalized spacial score (nSPS) is 19.1. The van der Waals surface area contributed by atoms with Crippen molar-refractivity contribution >= 4 is 16.6 Å². The van der Waals surface area contributed by atoms with Crippen LogP contribution in [-0.4, -0.2) is 11.0 Å². The molecule has 2 heteroatoms. The fourth-order valence-electron chi connectivity index (χ4n) is 3.07. The average molecular weight is 252 g/mol. The highest BCUT2D eigenvalue weighted by Crippen LogP contribution is 2.46. The summed E-state index contributed by atoms with van der Waals surface area (Å²) in [6.07, 6.45) is 5.63. The van der Waals surface area contributed by atoms with E-state index in [-0.39, 0.29) is 0 Å². The lowest BCUT2D eigenvalue weighted by Gasteiger charge is -2.20. The maximum atomic E-state index is 4.73. The molecule has 0 radical (unpaired) electrons. The van der Waals surface area contributed by atoms with Crippen molar-refractivity contribution in [3.63, 3.8) is 0 Å². The molecule has 0 amide bonds. The number of nitrogens with one attached hydrogen (secondary N) is 1. The van der Waals surface area contributed by atoms with Gasteiger partial charge in [-0.05, 0) is 56.6 Å². The largest absolute Gasteiger partial charge is 0.380 e. The van der Waals surface area contributed by atoms with Crippen molar-refractivity contribution in [2.24, 2.45) is 11.8 Å². The zero-order chi connectivity index (χ0) is 12.8. The molecule has 1 heterocycles. The lowest BCUT2D eigenvalue weighted by Crippen LogP contribution is -2.24. The summed E-state index contributed by atoms with van der Waals surface area (Å²) in [4.78, 5) is 4.73. The Kier molecular flexibility index (Phi) is 2.51. The van der Waals surface area contributed by atoms with Gasteiger partial charge in [0.2, 0.25) is 0 Å². The third kappa shape index (κ3) is 2.20. The third-order valence-electron chi connectivity index (χ3n) is 4.44. The summed E-state index contributed by atoms with van der Waals surface area (Å²) in [5, 5.41) is 5.05. The number of fused-ring (bicyclic) bond motifs is 1. The van der Waals surface area contributed by atoms with Gasteiger partial charge in [-0.2, -0.15) is 0 Å². The second kappa shape index (κ2) is 4.22. The number of hydrogen-bond acceptors (Lipinski definition) is 2. The first-order valence-electron chi connectivity index (χ1n) is 7.44. The van der Waals surface area contributed by atoms with Crippen molar-refractivity contribution in [1.29, 1.82) is 0 Å². The van der Waals surface area contributed by atoms with Crippen LogP contribution in [0.15, 0.2) is 30.3 Å². The minimum Gasteiger partial charge on any atom is -0.380 e. The van der Waals surface area contributed by atoms with E-state index in [9.17, 15) is 0 Å². The van der Waals surface area contributed by atoms with E-state index in [0.717, 1.165) is 23.0 Å². The quantitative estimate of drug-likeness (QED) is 0.884. The van der Waals surface area contributed by atoms with Crippen LogP contribution in [-0.2, 0) is 0 Å². The van der Waals surface area contributed by atoms with Gasteiger partial charge in [0.05, 0.1) is 11.2 Å². The molecule has 1 aromatic carbocycles. The summed E-state index contributed by atoms with van der Waals surface area (Å²) in [5.74, 6) is 1.82. The van der Waals surface area contributed by atoms with E-state index in [2.05, 4.69) is 42.6 Å². The Hall–Kier alpha value is -1.57. The molecule has 0 aliphatic heterocycles. The summed E-state index contributed by atoms with van der Waals surface area (Å²) in [6.45, 7) is 2.06. The number of anilines is 1. The first-order chi connectivity index (χ1) is 9.31. The van der Waals surface area contributed by atoms with E-state index in [1.54, 1.807) is 0 Å². The Balaban J connectivity index is 1.71. The molecule has 2 saturated carbocycles. The number of hydrogen-bond donors (Lipinski definition) is 1. The number of para-hydroxylation sites is 1. The summed E-state index contributed by atoms with van der Waals surface area (Å²) < 4.78 is 0. The van der Waals surface area contributed by atoms with E-state index in [1.165, 1.54) is 36.8 Å². The van der Waals surface area contributed by atoms with Crippen LogP contribution in [0, 0.1) is 18.8 Å². The molecule has 2 fully saturated rings. The van der Waals surface area contributed by atoms with Gasteiger partial charge in [-0.25, -0.2) is 0 Å². The molecule has 98 valence electrons. The molecule has 2 nitrogen and oxygen atoms in total. The van der Waals surface area contributed by atoms with Crippen LogP contribution in [0.1, 0.15) is 31.4 Å². The van der Waals surface area contributed by atoms with Crippen LogP contribution in [0.3, 0.4) is 0 Å². The number of aromatic nitrogens is 1. The number of rotatable bonds is 4. The molecule has 1 N–H and O–H groups in total. The first-order valence-corrected chi connectivity index (χ1v) is 7.44. The maximum Gasteiger partial charge on any atom is 0.0936 e. The molecule has 2 aromatic rings. The number of pyridine rings is 1. The van der Waals surface area contributed by atoms with Gasteiger partial charge in [-0.15, -0.1) is 0 Å². The Bertz CT molecular complexity index is 600. The first kappa shape index (κ1) is 11.3. The van der Waals surface area contributed by atoms with E-state index < -0.39 is 0 Å². The number of benzene rings is 1. The van der Waals surface area contributed by atoms with Crippen molar-refractivity contribution in [3.05, 3.63) is 36.0 Å². The highest BCUT2D eigenvalue weighted by Gasteiger charge is 2.41. The minimum atomic E-state index is 0.688. The van der Waals surface area contributed by atoms with Crippen LogP contribution in [0.25, 0.3) is 10.9 Å². The van der Waals surface area contributed by atoms with Crippen molar-refractivity contribution in [1.82, 2.24) is 4.98 Å². The number of nitrogens with zero attached hydrogens (tertiary/aromatic N) is 1. The van der Waals surface area contributed by atoms with E-state index in [1.807, 2.05) is 0 Å². The molecule has 0 bridgehead atoms. The van der Waals surface area contributed by atoms with Crippen LogP contribution < -0.4 is 5.32 Å². The monoisotopic (exact) mass is 252 g/mol. The van der Waals surface area contributed by atoms with Gasteiger partial charge in [0.1, 0.15) is 0 Å².